The fourth-order valence-corrected chi connectivity index (χ4v) is 2.71. The van der Waals surface area contributed by atoms with Crippen LogP contribution in [0.15, 0.2) is 34.9 Å². The van der Waals surface area contributed by atoms with Gasteiger partial charge in [-0.15, -0.1) is 0 Å². The minimum absolute atomic E-state index is 0.0248. The molecule has 0 saturated heterocycles. The minimum Gasteiger partial charge on any atom is -0.464 e. The number of benzene rings is 1. The predicted octanol–water partition coefficient (Wildman–Crippen LogP) is 2.80. The molecule has 3 nitrogen and oxygen atoms in total. The molecule has 1 aliphatic rings. The van der Waals surface area contributed by atoms with E-state index in [4.69, 9.17) is 4.42 Å². The number of nitrogens with zero attached hydrogens (tertiary/aromatic N) is 1. The quantitative estimate of drug-likeness (QED) is 0.738. The highest BCUT2D eigenvalue weighted by Crippen LogP contribution is 2.48. The van der Waals surface area contributed by atoms with Crippen LogP contribution >= 0.6 is 0 Å². The van der Waals surface area contributed by atoms with E-state index in [1.807, 2.05) is 24.3 Å². The molecule has 1 saturated carbocycles. The Morgan fingerprint density at radius 2 is 2.24 bits per heavy atom. The third-order valence-corrected chi connectivity index (χ3v) is 3.64. The van der Waals surface area contributed by atoms with Crippen molar-refractivity contribution < 1.29 is 9.21 Å². The van der Waals surface area contributed by atoms with Gasteiger partial charge in [-0.25, -0.2) is 0 Å². The molecule has 0 aliphatic heterocycles. The van der Waals surface area contributed by atoms with Gasteiger partial charge in [-0.3, -0.25) is 0 Å². The summed E-state index contributed by atoms with van der Waals surface area (Å²) in [4.78, 5) is 10.7. The van der Waals surface area contributed by atoms with Crippen molar-refractivity contribution in [3.63, 3.8) is 0 Å². The second-order valence-electron chi connectivity index (χ2n) is 4.64. The first-order valence-electron chi connectivity index (χ1n) is 5.62. The summed E-state index contributed by atoms with van der Waals surface area (Å²) in [5.41, 5.74) is 1.28. The van der Waals surface area contributed by atoms with Crippen molar-refractivity contribution in [1.82, 2.24) is 0 Å². The van der Waals surface area contributed by atoms with Gasteiger partial charge in [-0.05, 0) is 30.5 Å². The van der Waals surface area contributed by atoms with E-state index in [0.717, 1.165) is 22.8 Å². The Hall–Kier alpha value is -2.08. The maximum Gasteiger partial charge on any atom is 0.134 e. The predicted molar refractivity (Wildman–Crippen MR) is 62.3 cm³/mol. The molecule has 1 heterocycles. The number of rotatable bonds is 2. The maximum absolute atomic E-state index is 10.7. The van der Waals surface area contributed by atoms with Crippen LogP contribution in [0.4, 0.5) is 0 Å². The van der Waals surface area contributed by atoms with Crippen molar-refractivity contribution in [2.24, 2.45) is 5.92 Å². The van der Waals surface area contributed by atoms with Gasteiger partial charge < -0.3 is 9.21 Å². The normalized spacial score (nSPS) is 27.4. The highest BCUT2D eigenvalue weighted by Gasteiger charge is 2.46. The molecule has 0 atom stereocenters. The number of hydrogen-bond acceptors (Lipinski definition) is 3. The summed E-state index contributed by atoms with van der Waals surface area (Å²) in [5.74, 6) is 0.0248. The highest BCUT2D eigenvalue weighted by molar-refractivity contribution is 5.83. The molecule has 3 rings (SSSR count). The molecule has 1 fully saturated rings. The lowest BCUT2D eigenvalue weighted by atomic mass is 9.59. The zero-order valence-electron chi connectivity index (χ0n) is 9.22. The molecule has 0 N–H and O–H groups in total. The molecule has 0 spiro atoms. The van der Waals surface area contributed by atoms with E-state index in [9.17, 15) is 10.1 Å². The number of aldehydes is 1. The van der Waals surface area contributed by atoms with Crippen LogP contribution in [0.2, 0.25) is 0 Å². The molecule has 2 aromatic rings. The third kappa shape index (κ3) is 1.31. The summed E-state index contributed by atoms with van der Waals surface area (Å²) in [6.07, 6.45) is 3.83. The summed E-state index contributed by atoms with van der Waals surface area (Å²) < 4.78 is 5.34. The largest absolute Gasteiger partial charge is 0.464 e. The Bertz CT molecular complexity index is 614. The molecule has 17 heavy (non-hydrogen) atoms. The van der Waals surface area contributed by atoms with Crippen LogP contribution in [0.3, 0.4) is 0 Å². The molecular weight excluding hydrogens is 214 g/mol. The molecule has 0 radical (unpaired) electrons. The number of hydrogen-bond donors (Lipinski definition) is 0. The second-order valence-corrected chi connectivity index (χ2v) is 4.64. The Morgan fingerprint density at radius 1 is 1.41 bits per heavy atom. The lowest BCUT2D eigenvalue weighted by Crippen LogP contribution is -2.40. The number of fused-ring (bicyclic) bond motifs is 1. The first kappa shape index (κ1) is 10.1. The molecular formula is C14H11NO2. The Labute approximate surface area is 98.6 Å². The van der Waals surface area contributed by atoms with Gasteiger partial charge in [0.05, 0.1) is 17.7 Å². The Morgan fingerprint density at radius 3 is 2.94 bits per heavy atom. The smallest absolute Gasteiger partial charge is 0.134 e. The molecule has 1 aliphatic carbocycles. The monoisotopic (exact) mass is 225 g/mol. The van der Waals surface area contributed by atoms with Crippen LogP contribution in [0, 0.1) is 17.2 Å². The van der Waals surface area contributed by atoms with E-state index in [-0.39, 0.29) is 5.92 Å². The SMILES string of the molecule is N#CC1(c2cccc3occc23)CC(C=O)C1. The lowest BCUT2D eigenvalue weighted by Gasteiger charge is -2.40. The van der Waals surface area contributed by atoms with Crippen molar-refractivity contribution in [2.45, 2.75) is 18.3 Å². The molecule has 1 aromatic carbocycles. The minimum atomic E-state index is -0.505. The number of carbonyl (C=O) groups is 1. The molecule has 0 amide bonds. The fraction of sp³-hybridized carbons (Fsp3) is 0.286. The molecule has 3 heteroatoms. The van der Waals surface area contributed by atoms with Gasteiger partial charge in [-0.1, -0.05) is 12.1 Å². The fourth-order valence-electron chi connectivity index (χ4n) is 2.71. The number of furan rings is 1. The van der Waals surface area contributed by atoms with Gasteiger partial charge in [0.15, 0.2) is 0 Å². The van der Waals surface area contributed by atoms with Gasteiger partial charge in [0.2, 0.25) is 0 Å². The zero-order valence-corrected chi connectivity index (χ0v) is 9.22. The van der Waals surface area contributed by atoms with Crippen LogP contribution in [0.25, 0.3) is 11.0 Å². The van der Waals surface area contributed by atoms with E-state index >= 15 is 0 Å². The Kier molecular flexibility index (Phi) is 2.05. The Balaban J connectivity index is 2.12. The number of nitriles is 1. The highest BCUT2D eigenvalue weighted by atomic mass is 16.3. The van der Waals surface area contributed by atoms with Crippen molar-refractivity contribution in [2.75, 3.05) is 0 Å². The standard InChI is InChI=1S/C14H11NO2/c15-9-14(6-10(7-14)8-16)12-2-1-3-13-11(12)4-5-17-13/h1-5,8,10H,6-7H2. The van der Waals surface area contributed by atoms with Crippen molar-refractivity contribution in [1.29, 1.82) is 5.26 Å². The topological polar surface area (TPSA) is 54.0 Å². The molecule has 84 valence electrons. The van der Waals surface area contributed by atoms with Crippen LogP contribution < -0.4 is 0 Å². The lowest BCUT2D eigenvalue weighted by molar-refractivity contribution is -0.114. The van der Waals surface area contributed by atoms with Crippen LogP contribution in [0.1, 0.15) is 18.4 Å². The molecule has 0 unspecified atom stereocenters. The summed E-state index contributed by atoms with van der Waals surface area (Å²) >= 11 is 0. The average Bonchev–Trinajstić information content (AvgIpc) is 2.77. The summed E-state index contributed by atoms with van der Waals surface area (Å²) in [7, 11) is 0. The average molecular weight is 225 g/mol. The van der Waals surface area contributed by atoms with Gasteiger partial charge in [0, 0.05) is 11.3 Å². The second kappa shape index (κ2) is 3.46. The molecule has 0 bridgehead atoms. The van der Waals surface area contributed by atoms with Gasteiger partial charge in [-0.2, -0.15) is 5.26 Å². The van der Waals surface area contributed by atoms with Crippen LogP contribution in [0.5, 0.6) is 0 Å². The first-order valence-corrected chi connectivity index (χ1v) is 5.62. The third-order valence-electron chi connectivity index (χ3n) is 3.64. The van der Waals surface area contributed by atoms with Crippen molar-refractivity contribution in [3.8, 4) is 6.07 Å². The maximum atomic E-state index is 10.7. The zero-order chi connectivity index (χ0) is 11.9. The van der Waals surface area contributed by atoms with Gasteiger partial charge in [0.1, 0.15) is 11.9 Å². The molecule has 1 aromatic heterocycles. The van der Waals surface area contributed by atoms with Crippen LogP contribution in [-0.2, 0) is 10.2 Å². The van der Waals surface area contributed by atoms with Crippen molar-refractivity contribution >= 4 is 17.3 Å². The summed E-state index contributed by atoms with van der Waals surface area (Å²) in [5, 5.41) is 10.4. The van der Waals surface area contributed by atoms with E-state index in [1.54, 1.807) is 6.26 Å². The van der Waals surface area contributed by atoms with E-state index in [1.165, 1.54) is 0 Å². The number of carbonyl (C=O) groups excluding carboxylic acids is 1. The first-order chi connectivity index (χ1) is 8.29. The van der Waals surface area contributed by atoms with Gasteiger partial charge in [0.25, 0.3) is 0 Å². The van der Waals surface area contributed by atoms with Crippen molar-refractivity contribution in [3.05, 3.63) is 36.1 Å². The summed E-state index contributed by atoms with van der Waals surface area (Å²) in [6, 6.07) is 10.0. The van der Waals surface area contributed by atoms with E-state index in [2.05, 4.69) is 6.07 Å². The summed E-state index contributed by atoms with van der Waals surface area (Å²) in [6.45, 7) is 0. The van der Waals surface area contributed by atoms with E-state index < -0.39 is 5.41 Å². The van der Waals surface area contributed by atoms with Crippen LogP contribution in [-0.4, -0.2) is 6.29 Å². The van der Waals surface area contributed by atoms with Gasteiger partial charge >= 0.3 is 0 Å². The van der Waals surface area contributed by atoms with E-state index in [0.29, 0.717) is 12.8 Å².